The quantitative estimate of drug-likeness (QED) is 0.779. The minimum Gasteiger partial charge on any atom is -0.478 e. The second-order valence-corrected chi connectivity index (χ2v) is 5.61. The number of fused-ring (bicyclic) bond motifs is 1. The molecule has 3 aromatic rings. The first-order valence-corrected chi connectivity index (χ1v) is 7.46. The van der Waals surface area contributed by atoms with E-state index in [0.717, 1.165) is 13.1 Å². The van der Waals surface area contributed by atoms with Crippen molar-refractivity contribution in [2.45, 2.75) is 13.5 Å². The van der Waals surface area contributed by atoms with Gasteiger partial charge < -0.3 is 14.4 Å². The molecule has 0 saturated carbocycles. The van der Waals surface area contributed by atoms with Gasteiger partial charge in [0.1, 0.15) is 5.52 Å². The van der Waals surface area contributed by atoms with Gasteiger partial charge in [0.25, 0.3) is 6.01 Å². The van der Waals surface area contributed by atoms with Crippen molar-refractivity contribution in [3.8, 4) is 0 Å². The first kappa shape index (κ1) is 13.6. The molecule has 3 rings (SSSR count). The van der Waals surface area contributed by atoms with E-state index < -0.39 is 5.97 Å². The maximum atomic E-state index is 11.0. The molecule has 21 heavy (non-hydrogen) atoms. The number of rotatable bonds is 5. The molecule has 0 fully saturated rings. The molecule has 0 amide bonds. The third kappa shape index (κ3) is 2.75. The summed E-state index contributed by atoms with van der Waals surface area (Å²) in [6, 6.07) is 9.31. The van der Waals surface area contributed by atoms with Crippen molar-refractivity contribution in [2.24, 2.45) is 0 Å². The van der Waals surface area contributed by atoms with Crippen LogP contribution in [0.1, 0.15) is 22.2 Å². The van der Waals surface area contributed by atoms with Crippen LogP contribution in [0.5, 0.6) is 0 Å². The van der Waals surface area contributed by atoms with Gasteiger partial charge in [0.2, 0.25) is 0 Å². The molecular weight excluding hydrogens is 288 g/mol. The summed E-state index contributed by atoms with van der Waals surface area (Å²) in [6.45, 7) is 3.52. The van der Waals surface area contributed by atoms with E-state index in [4.69, 9.17) is 9.52 Å². The molecule has 1 N–H and O–H groups in total. The van der Waals surface area contributed by atoms with Crippen LogP contribution >= 0.6 is 11.3 Å². The topological polar surface area (TPSA) is 66.6 Å². The van der Waals surface area contributed by atoms with E-state index in [0.29, 0.717) is 17.1 Å². The highest BCUT2D eigenvalue weighted by Crippen LogP contribution is 2.25. The van der Waals surface area contributed by atoms with Crippen LogP contribution in [0, 0.1) is 0 Å². The van der Waals surface area contributed by atoms with Gasteiger partial charge in [0, 0.05) is 11.4 Å². The van der Waals surface area contributed by atoms with Crippen LogP contribution in [-0.4, -0.2) is 22.6 Å². The molecule has 2 heterocycles. The highest BCUT2D eigenvalue weighted by molar-refractivity contribution is 7.09. The van der Waals surface area contributed by atoms with E-state index in [1.165, 1.54) is 17.0 Å². The minimum absolute atomic E-state index is 0.200. The van der Waals surface area contributed by atoms with Crippen LogP contribution < -0.4 is 4.90 Å². The molecular formula is C15H14N2O3S. The summed E-state index contributed by atoms with van der Waals surface area (Å²) in [5, 5.41) is 11.0. The van der Waals surface area contributed by atoms with E-state index in [9.17, 15) is 4.79 Å². The number of nitrogens with zero attached hydrogens (tertiary/aromatic N) is 2. The van der Waals surface area contributed by atoms with Crippen LogP contribution in [0.4, 0.5) is 6.01 Å². The third-order valence-corrected chi connectivity index (χ3v) is 4.06. The van der Waals surface area contributed by atoms with Gasteiger partial charge in [0.05, 0.1) is 12.1 Å². The standard InChI is InChI=1S/C15H14N2O3S/c1-2-17(9-11-4-3-7-21-11)15-16-12-6-5-10(14(18)19)8-13(12)20-15/h3-8H,2,9H2,1H3,(H,18,19). The number of thiophene rings is 1. The molecule has 1 aromatic carbocycles. The summed E-state index contributed by atoms with van der Waals surface area (Å²) in [5.41, 5.74) is 1.36. The van der Waals surface area contributed by atoms with Gasteiger partial charge in [-0.2, -0.15) is 4.98 Å². The fraction of sp³-hybridized carbons (Fsp3) is 0.200. The second kappa shape index (κ2) is 5.57. The number of carbonyl (C=O) groups is 1. The maximum absolute atomic E-state index is 11.0. The number of benzene rings is 1. The Hall–Kier alpha value is -2.34. The lowest BCUT2D eigenvalue weighted by atomic mass is 10.2. The lowest BCUT2D eigenvalue weighted by Gasteiger charge is -2.16. The number of aromatic carboxylic acids is 1. The predicted octanol–water partition coefficient (Wildman–Crippen LogP) is 3.61. The average molecular weight is 302 g/mol. The molecule has 6 heteroatoms. The Morgan fingerprint density at radius 3 is 2.95 bits per heavy atom. The zero-order chi connectivity index (χ0) is 14.8. The molecule has 5 nitrogen and oxygen atoms in total. The Labute approximate surface area is 125 Å². The third-order valence-electron chi connectivity index (χ3n) is 3.20. The van der Waals surface area contributed by atoms with Crippen molar-refractivity contribution in [3.05, 3.63) is 46.2 Å². The van der Waals surface area contributed by atoms with E-state index in [1.807, 2.05) is 23.3 Å². The number of hydrogen-bond donors (Lipinski definition) is 1. The smallest absolute Gasteiger partial charge is 0.335 e. The molecule has 2 aromatic heterocycles. The van der Waals surface area contributed by atoms with Crippen molar-refractivity contribution >= 4 is 34.4 Å². The number of carboxylic acids is 1. The molecule has 108 valence electrons. The molecule has 0 aliphatic heterocycles. The van der Waals surface area contributed by atoms with Crippen LogP contribution in [0.2, 0.25) is 0 Å². The largest absolute Gasteiger partial charge is 0.478 e. The molecule has 0 saturated heterocycles. The highest BCUT2D eigenvalue weighted by Gasteiger charge is 2.15. The molecule has 0 bridgehead atoms. The summed E-state index contributed by atoms with van der Waals surface area (Å²) in [7, 11) is 0. The van der Waals surface area contributed by atoms with Gasteiger partial charge in [-0.1, -0.05) is 6.07 Å². The molecule has 0 atom stereocenters. The molecule has 0 radical (unpaired) electrons. The Morgan fingerprint density at radius 1 is 1.43 bits per heavy atom. The molecule has 0 aliphatic rings. The van der Waals surface area contributed by atoms with Gasteiger partial charge >= 0.3 is 5.97 Å². The number of aromatic nitrogens is 1. The van der Waals surface area contributed by atoms with Gasteiger partial charge in [-0.25, -0.2) is 4.79 Å². The zero-order valence-corrected chi connectivity index (χ0v) is 12.3. The first-order valence-electron chi connectivity index (χ1n) is 6.58. The van der Waals surface area contributed by atoms with Gasteiger partial charge in [-0.3, -0.25) is 0 Å². The Morgan fingerprint density at radius 2 is 2.29 bits per heavy atom. The Balaban J connectivity index is 1.93. The highest BCUT2D eigenvalue weighted by atomic mass is 32.1. The van der Waals surface area contributed by atoms with Gasteiger partial charge in [-0.15, -0.1) is 11.3 Å². The summed E-state index contributed by atoms with van der Waals surface area (Å²) in [6.07, 6.45) is 0. The lowest BCUT2D eigenvalue weighted by Crippen LogP contribution is -2.21. The maximum Gasteiger partial charge on any atom is 0.335 e. The Bertz CT molecular complexity index is 764. The fourth-order valence-electron chi connectivity index (χ4n) is 2.09. The van der Waals surface area contributed by atoms with Crippen LogP contribution in [0.25, 0.3) is 11.1 Å². The molecule has 0 spiro atoms. The predicted molar refractivity (Wildman–Crippen MR) is 82.0 cm³/mol. The van der Waals surface area contributed by atoms with Crippen molar-refractivity contribution < 1.29 is 14.3 Å². The van der Waals surface area contributed by atoms with E-state index in [1.54, 1.807) is 17.4 Å². The van der Waals surface area contributed by atoms with Crippen molar-refractivity contribution in [3.63, 3.8) is 0 Å². The van der Waals surface area contributed by atoms with Gasteiger partial charge in [0.15, 0.2) is 5.58 Å². The van der Waals surface area contributed by atoms with Crippen LogP contribution in [-0.2, 0) is 6.54 Å². The van der Waals surface area contributed by atoms with Gasteiger partial charge in [-0.05, 0) is 36.6 Å². The summed E-state index contributed by atoms with van der Waals surface area (Å²) >= 11 is 1.69. The number of carboxylic acid groups (broad SMARTS) is 1. The summed E-state index contributed by atoms with van der Waals surface area (Å²) in [5.74, 6) is -0.971. The minimum atomic E-state index is -0.971. The van der Waals surface area contributed by atoms with Crippen LogP contribution in [0.15, 0.2) is 40.1 Å². The lowest BCUT2D eigenvalue weighted by molar-refractivity contribution is 0.0697. The monoisotopic (exact) mass is 302 g/mol. The number of hydrogen-bond acceptors (Lipinski definition) is 5. The fourth-order valence-corrected chi connectivity index (χ4v) is 2.81. The van der Waals surface area contributed by atoms with Crippen molar-refractivity contribution in [1.29, 1.82) is 0 Å². The molecule has 0 unspecified atom stereocenters. The normalized spacial score (nSPS) is 10.9. The van der Waals surface area contributed by atoms with E-state index >= 15 is 0 Å². The second-order valence-electron chi connectivity index (χ2n) is 4.58. The number of anilines is 1. The zero-order valence-electron chi connectivity index (χ0n) is 11.4. The Kier molecular flexibility index (Phi) is 3.62. The van der Waals surface area contributed by atoms with Crippen LogP contribution in [0.3, 0.4) is 0 Å². The first-order chi connectivity index (χ1) is 10.2. The van der Waals surface area contributed by atoms with Crippen molar-refractivity contribution in [1.82, 2.24) is 4.98 Å². The average Bonchev–Trinajstić information content (AvgIpc) is 3.12. The van der Waals surface area contributed by atoms with E-state index in [-0.39, 0.29) is 5.56 Å². The van der Waals surface area contributed by atoms with Crippen molar-refractivity contribution in [2.75, 3.05) is 11.4 Å². The molecule has 0 aliphatic carbocycles. The summed E-state index contributed by atoms with van der Waals surface area (Å²) < 4.78 is 5.72. The number of oxazole rings is 1. The SMILES string of the molecule is CCN(Cc1cccs1)c1nc2ccc(C(=O)O)cc2o1. The summed E-state index contributed by atoms with van der Waals surface area (Å²) in [4.78, 5) is 18.7. The van der Waals surface area contributed by atoms with E-state index in [2.05, 4.69) is 11.1 Å².